The minimum Gasteiger partial charge on any atom is -0.494 e. The zero-order valence-corrected chi connectivity index (χ0v) is 18.4. The van der Waals surface area contributed by atoms with Crippen molar-refractivity contribution in [3.8, 4) is 10.9 Å². The Morgan fingerprint density at radius 1 is 1.32 bits per heavy atom. The summed E-state index contributed by atoms with van der Waals surface area (Å²) in [7, 11) is 0. The number of halogens is 2. The van der Waals surface area contributed by atoms with Crippen LogP contribution in [0.4, 0.5) is 10.2 Å². The minimum atomic E-state index is -0.523. The van der Waals surface area contributed by atoms with Crippen molar-refractivity contribution >= 4 is 44.9 Å². The monoisotopic (exact) mass is 456 g/mol. The quantitative estimate of drug-likeness (QED) is 0.443. The van der Waals surface area contributed by atoms with Crippen molar-refractivity contribution in [2.75, 3.05) is 11.9 Å². The maximum Gasteiger partial charge on any atom is 0.226 e. The average Bonchev–Trinajstić information content (AvgIpc) is 3.28. The zero-order valence-electron chi connectivity index (χ0n) is 16.8. The number of carbonyl (C=O) groups excluding carboxylic acids is 1. The molecular weight excluding hydrogens is 439 g/mol. The first-order valence-corrected chi connectivity index (χ1v) is 11.0. The summed E-state index contributed by atoms with van der Waals surface area (Å²) in [6.45, 7) is 4.35. The van der Waals surface area contributed by atoms with Gasteiger partial charge in [0.15, 0.2) is 0 Å². The van der Waals surface area contributed by atoms with E-state index in [0.717, 1.165) is 21.5 Å². The Kier molecular flexibility index (Phi) is 4.91. The number of nitrogens with one attached hydrogen (secondary N) is 1. The van der Waals surface area contributed by atoms with Crippen LogP contribution in [0.25, 0.3) is 15.3 Å². The van der Waals surface area contributed by atoms with Crippen molar-refractivity contribution in [2.45, 2.75) is 26.2 Å². The van der Waals surface area contributed by atoms with Gasteiger partial charge in [0.1, 0.15) is 17.4 Å². The highest BCUT2D eigenvalue weighted by atomic mass is 35.5. The minimum absolute atomic E-state index is 0.0950. The van der Waals surface area contributed by atoms with Crippen LogP contribution in [0.5, 0.6) is 5.75 Å². The molecule has 4 aromatic rings. The molecule has 0 unspecified atom stereocenters. The molecule has 0 saturated carbocycles. The SMILES string of the molecule is CCOc1ccc2nc(-n3nc(C)c4c3NC(=O)C[C@@H]4c3c(F)cccc3Cl)sc2c1. The van der Waals surface area contributed by atoms with Crippen molar-refractivity contribution in [2.24, 2.45) is 0 Å². The summed E-state index contributed by atoms with van der Waals surface area (Å²) in [6, 6.07) is 10.2. The molecule has 3 heterocycles. The number of carbonyl (C=O) groups is 1. The maximum atomic E-state index is 14.7. The Bertz CT molecular complexity index is 1310. The number of nitrogens with zero attached hydrogens (tertiary/aromatic N) is 3. The number of fused-ring (bicyclic) bond motifs is 2. The molecule has 6 nitrogen and oxygen atoms in total. The third kappa shape index (κ3) is 3.36. The Balaban J connectivity index is 1.65. The first kappa shape index (κ1) is 20.0. The number of hydrogen-bond acceptors (Lipinski definition) is 5. The third-order valence-corrected chi connectivity index (χ3v) is 6.61. The van der Waals surface area contributed by atoms with E-state index >= 15 is 0 Å². The van der Waals surface area contributed by atoms with Gasteiger partial charge >= 0.3 is 0 Å². The molecule has 0 radical (unpaired) electrons. The van der Waals surface area contributed by atoms with Crippen molar-refractivity contribution in [3.63, 3.8) is 0 Å². The Hall–Kier alpha value is -2.97. The molecule has 2 aromatic heterocycles. The van der Waals surface area contributed by atoms with Crippen molar-refractivity contribution < 1.29 is 13.9 Å². The van der Waals surface area contributed by atoms with Gasteiger partial charge in [0, 0.05) is 28.5 Å². The van der Waals surface area contributed by atoms with E-state index in [9.17, 15) is 9.18 Å². The molecule has 1 aliphatic heterocycles. The number of anilines is 1. The molecule has 1 N–H and O–H groups in total. The number of aryl methyl sites for hydroxylation is 1. The maximum absolute atomic E-state index is 14.7. The lowest BCUT2D eigenvalue weighted by molar-refractivity contribution is -0.116. The molecule has 0 fully saturated rings. The van der Waals surface area contributed by atoms with E-state index < -0.39 is 11.7 Å². The summed E-state index contributed by atoms with van der Waals surface area (Å²) in [5.74, 6) is 0.0881. The molecule has 1 aliphatic rings. The van der Waals surface area contributed by atoms with Crippen LogP contribution in [0.2, 0.25) is 5.02 Å². The average molecular weight is 457 g/mol. The van der Waals surface area contributed by atoms with Gasteiger partial charge in [-0.2, -0.15) is 9.78 Å². The molecule has 0 saturated heterocycles. The first-order chi connectivity index (χ1) is 15.0. The van der Waals surface area contributed by atoms with E-state index in [1.54, 1.807) is 16.8 Å². The second-order valence-electron chi connectivity index (χ2n) is 7.26. The van der Waals surface area contributed by atoms with Crippen LogP contribution in [-0.2, 0) is 4.79 Å². The van der Waals surface area contributed by atoms with Gasteiger partial charge in [0.25, 0.3) is 0 Å². The summed E-state index contributed by atoms with van der Waals surface area (Å²) in [5, 5.41) is 8.44. The largest absolute Gasteiger partial charge is 0.494 e. The summed E-state index contributed by atoms with van der Waals surface area (Å²) >= 11 is 7.77. The highest BCUT2D eigenvalue weighted by Gasteiger charge is 2.35. The topological polar surface area (TPSA) is 69.0 Å². The molecule has 0 bridgehead atoms. The molecule has 0 aliphatic carbocycles. The number of ether oxygens (including phenoxy) is 1. The second-order valence-corrected chi connectivity index (χ2v) is 8.67. The van der Waals surface area contributed by atoms with E-state index in [0.29, 0.717) is 33.8 Å². The first-order valence-electron chi connectivity index (χ1n) is 9.83. The normalized spacial score (nSPS) is 15.7. The van der Waals surface area contributed by atoms with Crippen LogP contribution in [-0.4, -0.2) is 27.3 Å². The van der Waals surface area contributed by atoms with E-state index in [4.69, 9.17) is 16.3 Å². The molecule has 31 heavy (non-hydrogen) atoms. The van der Waals surface area contributed by atoms with Crippen molar-refractivity contribution in [3.05, 3.63) is 64.1 Å². The lowest BCUT2D eigenvalue weighted by Crippen LogP contribution is -2.25. The van der Waals surface area contributed by atoms with Gasteiger partial charge in [-0.1, -0.05) is 29.0 Å². The Labute approximate surface area is 186 Å². The van der Waals surface area contributed by atoms with Gasteiger partial charge < -0.3 is 10.1 Å². The zero-order chi connectivity index (χ0) is 21.7. The van der Waals surface area contributed by atoms with Crippen LogP contribution in [0.15, 0.2) is 36.4 Å². The Morgan fingerprint density at radius 3 is 2.94 bits per heavy atom. The number of rotatable bonds is 4. The van der Waals surface area contributed by atoms with Crippen LogP contribution < -0.4 is 10.1 Å². The van der Waals surface area contributed by atoms with E-state index in [1.165, 1.54) is 17.4 Å². The summed E-state index contributed by atoms with van der Waals surface area (Å²) in [6.07, 6.45) is 0.0950. The molecule has 5 rings (SSSR count). The lowest BCUT2D eigenvalue weighted by Gasteiger charge is -2.25. The Morgan fingerprint density at radius 2 is 2.16 bits per heavy atom. The van der Waals surface area contributed by atoms with Gasteiger partial charge in [0.2, 0.25) is 11.0 Å². The predicted octanol–water partition coefficient (Wildman–Crippen LogP) is 5.46. The van der Waals surface area contributed by atoms with Crippen molar-refractivity contribution in [1.82, 2.24) is 14.8 Å². The predicted molar refractivity (Wildman–Crippen MR) is 119 cm³/mol. The smallest absolute Gasteiger partial charge is 0.226 e. The van der Waals surface area contributed by atoms with Gasteiger partial charge in [-0.15, -0.1) is 0 Å². The van der Waals surface area contributed by atoms with Gasteiger partial charge in [-0.05, 0) is 44.2 Å². The highest BCUT2D eigenvalue weighted by molar-refractivity contribution is 7.20. The molecular formula is C22H18ClFN4O2S. The van der Waals surface area contributed by atoms with E-state index in [2.05, 4.69) is 15.4 Å². The molecule has 1 amide bonds. The third-order valence-electron chi connectivity index (χ3n) is 5.29. The number of amides is 1. The number of benzene rings is 2. The van der Waals surface area contributed by atoms with Crippen LogP contribution in [0.1, 0.15) is 36.1 Å². The standard InChI is InChI=1S/C22H18ClFN4O2S/c1-3-30-12-7-8-16-17(9-12)31-22(25-16)28-21-19(11(2)27-28)13(10-18(29)26-21)20-14(23)5-4-6-15(20)24/h4-9,13H,3,10H2,1-2H3,(H,26,29)/t13-/m0/s1. The fourth-order valence-electron chi connectivity index (χ4n) is 4.02. The second kappa shape index (κ2) is 7.62. The van der Waals surface area contributed by atoms with Crippen LogP contribution >= 0.6 is 22.9 Å². The summed E-state index contributed by atoms with van der Waals surface area (Å²) in [4.78, 5) is 17.2. The highest BCUT2D eigenvalue weighted by Crippen LogP contribution is 2.43. The van der Waals surface area contributed by atoms with Gasteiger partial charge in [0.05, 0.1) is 22.5 Å². The molecule has 9 heteroatoms. The summed E-state index contributed by atoms with van der Waals surface area (Å²) in [5.41, 5.74) is 2.56. The van der Waals surface area contributed by atoms with Crippen LogP contribution in [0.3, 0.4) is 0 Å². The van der Waals surface area contributed by atoms with E-state index in [-0.39, 0.29) is 12.3 Å². The fourth-order valence-corrected chi connectivity index (χ4v) is 5.26. The van der Waals surface area contributed by atoms with E-state index in [1.807, 2.05) is 32.0 Å². The van der Waals surface area contributed by atoms with Gasteiger partial charge in [-0.25, -0.2) is 9.37 Å². The summed E-state index contributed by atoms with van der Waals surface area (Å²) < 4.78 is 22.8. The lowest BCUT2D eigenvalue weighted by atomic mass is 9.85. The van der Waals surface area contributed by atoms with Crippen molar-refractivity contribution in [1.29, 1.82) is 0 Å². The fraction of sp³-hybridized carbons (Fsp3) is 0.227. The number of aromatic nitrogens is 3. The molecule has 158 valence electrons. The van der Waals surface area contributed by atoms with Crippen LogP contribution in [0, 0.1) is 12.7 Å². The molecule has 2 aromatic carbocycles. The number of hydrogen-bond donors (Lipinski definition) is 1. The molecule has 0 spiro atoms. The molecule has 1 atom stereocenters. The number of thiazole rings is 1. The van der Waals surface area contributed by atoms with Gasteiger partial charge in [-0.3, -0.25) is 4.79 Å².